The van der Waals surface area contributed by atoms with E-state index in [1.807, 2.05) is 21.1 Å². The molecule has 0 aromatic rings. The summed E-state index contributed by atoms with van der Waals surface area (Å²) in [5.41, 5.74) is 0. The van der Waals surface area contributed by atoms with Crippen molar-refractivity contribution < 1.29 is 9.53 Å². The molecule has 0 radical (unpaired) electrons. The Bertz CT molecular complexity index is 259. The van der Waals surface area contributed by atoms with Gasteiger partial charge in [-0.05, 0) is 40.4 Å². The topological polar surface area (TPSA) is 53.6 Å². The van der Waals surface area contributed by atoms with Crippen LogP contribution in [0.3, 0.4) is 0 Å². The van der Waals surface area contributed by atoms with Crippen molar-refractivity contribution in [3.05, 3.63) is 0 Å². The average Bonchev–Trinajstić information content (AvgIpc) is 2.37. The number of nitrogens with zero attached hydrogens (tertiary/aromatic N) is 1. The summed E-state index contributed by atoms with van der Waals surface area (Å²) in [6.07, 6.45) is 2.91. The first kappa shape index (κ1) is 15.4. The molecular formula is C13H27N3O2. The number of likely N-dealkylation sites (N-methyl/N-ethyl adjacent to an activating group) is 2. The molecule has 1 rings (SSSR count). The van der Waals surface area contributed by atoms with E-state index in [0.717, 1.165) is 32.4 Å². The molecular weight excluding hydrogens is 230 g/mol. The van der Waals surface area contributed by atoms with Crippen LogP contribution in [-0.2, 0) is 9.53 Å². The van der Waals surface area contributed by atoms with Crippen LogP contribution in [0.15, 0.2) is 0 Å². The molecule has 1 saturated carbocycles. The molecule has 1 aliphatic carbocycles. The average molecular weight is 257 g/mol. The second-order valence-corrected chi connectivity index (χ2v) is 5.23. The molecule has 0 spiro atoms. The normalized spacial score (nSPS) is 28.4. The number of amides is 1. The molecule has 3 atom stereocenters. The zero-order chi connectivity index (χ0) is 13.5. The van der Waals surface area contributed by atoms with E-state index >= 15 is 0 Å². The Labute approximate surface area is 110 Å². The van der Waals surface area contributed by atoms with Crippen LogP contribution in [-0.4, -0.2) is 64.3 Å². The van der Waals surface area contributed by atoms with Crippen molar-refractivity contribution in [1.29, 1.82) is 0 Å². The first-order valence-electron chi connectivity index (χ1n) is 6.73. The predicted octanol–water partition coefficient (Wildman–Crippen LogP) is 0.0673. The highest BCUT2D eigenvalue weighted by atomic mass is 16.5. The van der Waals surface area contributed by atoms with Gasteiger partial charge in [-0.1, -0.05) is 0 Å². The zero-order valence-corrected chi connectivity index (χ0v) is 12.0. The molecule has 0 bridgehead atoms. The van der Waals surface area contributed by atoms with Gasteiger partial charge in [0, 0.05) is 25.6 Å². The maximum atomic E-state index is 11.7. The molecule has 0 aliphatic heterocycles. The van der Waals surface area contributed by atoms with E-state index in [-0.39, 0.29) is 17.9 Å². The van der Waals surface area contributed by atoms with Crippen LogP contribution in [0.1, 0.15) is 19.3 Å². The zero-order valence-electron chi connectivity index (χ0n) is 12.0. The Morgan fingerprint density at radius 1 is 1.33 bits per heavy atom. The number of hydrogen-bond acceptors (Lipinski definition) is 4. The van der Waals surface area contributed by atoms with E-state index in [1.165, 1.54) is 0 Å². The first-order chi connectivity index (χ1) is 8.58. The lowest BCUT2D eigenvalue weighted by atomic mass is 9.83. The van der Waals surface area contributed by atoms with Crippen LogP contribution < -0.4 is 10.6 Å². The third-order valence-corrected chi connectivity index (χ3v) is 3.65. The third kappa shape index (κ3) is 4.55. The number of nitrogens with one attached hydrogen (secondary N) is 2. The Kier molecular flexibility index (Phi) is 6.60. The van der Waals surface area contributed by atoms with Crippen LogP contribution >= 0.6 is 0 Å². The van der Waals surface area contributed by atoms with Crippen LogP contribution in [0.2, 0.25) is 0 Å². The monoisotopic (exact) mass is 257 g/mol. The smallest absolute Gasteiger partial charge is 0.222 e. The fraction of sp³-hybridized carbons (Fsp3) is 0.923. The fourth-order valence-corrected chi connectivity index (χ4v) is 2.47. The number of hydrogen-bond donors (Lipinski definition) is 2. The summed E-state index contributed by atoms with van der Waals surface area (Å²) < 4.78 is 5.94. The molecule has 1 fully saturated rings. The van der Waals surface area contributed by atoms with Gasteiger partial charge in [0.1, 0.15) is 0 Å². The van der Waals surface area contributed by atoms with Crippen molar-refractivity contribution in [3.63, 3.8) is 0 Å². The lowest BCUT2D eigenvalue weighted by Crippen LogP contribution is -2.47. The van der Waals surface area contributed by atoms with Gasteiger partial charge < -0.3 is 20.3 Å². The van der Waals surface area contributed by atoms with Crippen molar-refractivity contribution >= 4 is 5.91 Å². The minimum absolute atomic E-state index is 0.101. The molecule has 0 aromatic heterocycles. The molecule has 5 heteroatoms. The molecule has 5 nitrogen and oxygen atoms in total. The van der Waals surface area contributed by atoms with Crippen molar-refractivity contribution in [2.24, 2.45) is 5.92 Å². The van der Waals surface area contributed by atoms with Gasteiger partial charge in [-0.25, -0.2) is 0 Å². The maximum absolute atomic E-state index is 11.7. The molecule has 0 heterocycles. The molecule has 18 heavy (non-hydrogen) atoms. The summed E-state index contributed by atoms with van der Waals surface area (Å²) in [5.74, 6) is 0.245. The molecule has 0 saturated heterocycles. The second-order valence-electron chi connectivity index (χ2n) is 5.23. The molecule has 0 aromatic carbocycles. The van der Waals surface area contributed by atoms with Crippen molar-refractivity contribution in [2.45, 2.75) is 31.4 Å². The van der Waals surface area contributed by atoms with Gasteiger partial charge in [-0.15, -0.1) is 0 Å². The maximum Gasteiger partial charge on any atom is 0.222 e. The summed E-state index contributed by atoms with van der Waals surface area (Å²) in [7, 11) is 7.74. The summed E-state index contributed by atoms with van der Waals surface area (Å²) in [4.78, 5) is 13.8. The number of carbonyl (C=O) groups is 1. The van der Waals surface area contributed by atoms with Crippen molar-refractivity contribution in [3.8, 4) is 0 Å². The lowest BCUT2D eigenvalue weighted by molar-refractivity contribution is -0.128. The predicted molar refractivity (Wildman–Crippen MR) is 72.5 cm³/mol. The minimum Gasteiger partial charge on any atom is -0.375 e. The van der Waals surface area contributed by atoms with Gasteiger partial charge in [0.2, 0.25) is 5.91 Å². The Hall–Kier alpha value is -0.650. The highest BCUT2D eigenvalue weighted by Gasteiger charge is 2.33. The second kappa shape index (κ2) is 7.71. The van der Waals surface area contributed by atoms with Gasteiger partial charge in [0.25, 0.3) is 0 Å². The van der Waals surface area contributed by atoms with Crippen LogP contribution in [0.5, 0.6) is 0 Å². The Morgan fingerprint density at radius 2 is 2.06 bits per heavy atom. The fourth-order valence-electron chi connectivity index (χ4n) is 2.47. The SMILES string of the molecule is CNC(=O)C1CCC(NC)C(OCCN(C)C)C1. The largest absolute Gasteiger partial charge is 0.375 e. The quantitative estimate of drug-likeness (QED) is 0.707. The van der Waals surface area contributed by atoms with E-state index in [2.05, 4.69) is 15.5 Å². The third-order valence-electron chi connectivity index (χ3n) is 3.65. The summed E-state index contributed by atoms with van der Waals surface area (Å²) in [5, 5.41) is 6.04. The van der Waals surface area contributed by atoms with Crippen LogP contribution in [0.4, 0.5) is 0 Å². The minimum atomic E-state index is 0.101. The molecule has 2 N–H and O–H groups in total. The number of rotatable bonds is 6. The van der Waals surface area contributed by atoms with E-state index in [1.54, 1.807) is 7.05 Å². The van der Waals surface area contributed by atoms with E-state index < -0.39 is 0 Å². The van der Waals surface area contributed by atoms with Crippen LogP contribution in [0.25, 0.3) is 0 Å². The first-order valence-corrected chi connectivity index (χ1v) is 6.73. The summed E-state index contributed by atoms with van der Waals surface area (Å²) in [6.45, 7) is 1.63. The Balaban J connectivity index is 2.45. The van der Waals surface area contributed by atoms with Crippen molar-refractivity contribution in [2.75, 3.05) is 41.3 Å². The molecule has 106 valence electrons. The van der Waals surface area contributed by atoms with Gasteiger partial charge in [-0.3, -0.25) is 4.79 Å². The van der Waals surface area contributed by atoms with Gasteiger partial charge in [-0.2, -0.15) is 0 Å². The number of carbonyl (C=O) groups excluding carboxylic acids is 1. The van der Waals surface area contributed by atoms with Gasteiger partial charge in [0.05, 0.1) is 12.7 Å². The van der Waals surface area contributed by atoms with Crippen LogP contribution in [0, 0.1) is 5.92 Å². The lowest BCUT2D eigenvalue weighted by Gasteiger charge is -2.35. The van der Waals surface area contributed by atoms with E-state index in [0.29, 0.717) is 6.04 Å². The van der Waals surface area contributed by atoms with Gasteiger partial charge in [0.15, 0.2) is 0 Å². The number of ether oxygens (including phenoxy) is 1. The highest BCUT2D eigenvalue weighted by Crippen LogP contribution is 2.26. The highest BCUT2D eigenvalue weighted by molar-refractivity contribution is 5.78. The van der Waals surface area contributed by atoms with Gasteiger partial charge >= 0.3 is 0 Å². The Morgan fingerprint density at radius 3 is 2.61 bits per heavy atom. The molecule has 1 aliphatic rings. The van der Waals surface area contributed by atoms with E-state index in [4.69, 9.17) is 4.74 Å². The summed E-state index contributed by atoms with van der Waals surface area (Å²) >= 11 is 0. The van der Waals surface area contributed by atoms with E-state index in [9.17, 15) is 4.79 Å². The standard InChI is InChI=1S/C13H27N3O2/c1-14-11-6-5-10(13(17)15-2)9-12(11)18-8-7-16(3)4/h10-12,14H,5-9H2,1-4H3,(H,15,17). The molecule has 3 unspecified atom stereocenters. The molecule has 1 amide bonds. The van der Waals surface area contributed by atoms with Crippen molar-refractivity contribution in [1.82, 2.24) is 15.5 Å². The summed E-state index contributed by atoms with van der Waals surface area (Å²) in [6, 6.07) is 0.369.